The molecule has 0 bridgehead atoms. The van der Waals surface area contributed by atoms with Gasteiger partial charge in [-0.1, -0.05) is 6.92 Å². The van der Waals surface area contributed by atoms with Gasteiger partial charge in [-0.05, 0) is 62.4 Å². The van der Waals surface area contributed by atoms with Crippen molar-refractivity contribution in [3.05, 3.63) is 47.8 Å². The smallest absolute Gasteiger partial charge is 0.251 e. The monoisotopic (exact) mass is 425 g/mol. The number of carbonyl (C=O) groups excluding carboxylic acids is 1. The Morgan fingerprint density at radius 1 is 1.26 bits per heavy atom. The molecular formula is C23H31N5O3. The van der Waals surface area contributed by atoms with Crippen LogP contribution in [-0.2, 0) is 0 Å². The normalized spacial score (nSPS) is 24.8. The van der Waals surface area contributed by atoms with Gasteiger partial charge in [0.05, 0.1) is 12.6 Å². The third kappa shape index (κ3) is 4.36. The summed E-state index contributed by atoms with van der Waals surface area (Å²) in [5, 5.41) is 26.2. The van der Waals surface area contributed by atoms with Gasteiger partial charge in [0, 0.05) is 41.6 Å². The Labute approximate surface area is 182 Å². The molecule has 1 amide bonds. The highest BCUT2D eigenvalue weighted by Crippen LogP contribution is 2.50. The molecule has 2 heterocycles. The molecule has 0 radical (unpaired) electrons. The molecule has 0 spiro atoms. The Balaban J connectivity index is 1.76. The zero-order chi connectivity index (χ0) is 22.1. The van der Waals surface area contributed by atoms with E-state index in [4.69, 9.17) is 0 Å². The average Bonchev–Trinajstić information content (AvgIpc) is 3.60. The maximum atomic E-state index is 12.7. The zero-order valence-electron chi connectivity index (χ0n) is 18.2. The minimum absolute atomic E-state index is 0.110. The fourth-order valence-corrected chi connectivity index (χ4v) is 4.69. The first kappa shape index (κ1) is 21.5. The molecule has 4 N–H and O–H groups in total. The number of carbonyl (C=O) groups is 1. The number of aliphatic hydroxyl groups is 2. The van der Waals surface area contributed by atoms with Crippen molar-refractivity contribution in [2.45, 2.75) is 58.0 Å². The summed E-state index contributed by atoms with van der Waals surface area (Å²) in [6.45, 7) is 5.61. The number of aliphatic hydroxyl groups excluding tert-OH is 2. The van der Waals surface area contributed by atoms with Gasteiger partial charge in [-0.25, -0.2) is 9.97 Å². The molecule has 2 unspecified atom stereocenters. The van der Waals surface area contributed by atoms with Gasteiger partial charge in [0.25, 0.3) is 5.91 Å². The molecule has 31 heavy (non-hydrogen) atoms. The number of rotatable bonds is 7. The summed E-state index contributed by atoms with van der Waals surface area (Å²) in [5.41, 5.74) is 2.37. The fourth-order valence-electron chi connectivity index (χ4n) is 4.69. The summed E-state index contributed by atoms with van der Waals surface area (Å²) >= 11 is 0. The fraction of sp³-hybridized carbons (Fsp3) is 0.522. The Bertz CT molecular complexity index is 919. The van der Waals surface area contributed by atoms with E-state index in [0.717, 1.165) is 24.1 Å². The van der Waals surface area contributed by atoms with Crippen LogP contribution in [-0.4, -0.2) is 51.0 Å². The number of nitrogens with one attached hydrogen (secondary N) is 2. The number of amides is 1. The Kier molecular flexibility index (Phi) is 6.11. The topological polar surface area (TPSA) is 111 Å². The number of nitrogens with zero attached hydrogens (tertiary/aromatic N) is 3. The average molecular weight is 426 g/mol. The van der Waals surface area contributed by atoms with Crippen molar-refractivity contribution in [2.24, 2.45) is 11.8 Å². The highest BCUT2D eigenvalue weighted by atomic mass is 16.3. The van der Waals surface area contributed by atoms with E-state index in [1.807, 2.05) is 12.1 Å². The van der Waals surface area contributed by atoms with Crippen molar-refractivity contribution in [1.82, 2.24) is 15.3 Å². The molecule has 166 valence electrons. The first-order chi connectivity index (χ1) is 14.9. The van der Waals surface area contributed by atoms with Gasteiger partial charge in [-0.3, -0.25) is 4.79 Å². The van der Waals surface area contributed by atoms with Crippen LogP contribution in [0.2, 0.25) is 0 Å². The lowest BCUT2D eigenvalue weighted by atomic mass is 9.79. The first-order valence-electron chi connectivity index (χ1n) is 11.0. The predicted molar refractivity (Wildman–Crippen MR) is 119 cm³/mol. The summed E-state index contributed by atoms with van der Waals surface area (Å²) in [5.74, 6) is 0.994. The molecule has 1 fully saturated rings. The van der Waals surface area contributed by atoms with Gasteiger partial charge in [-0.2, -0.15) is 0 Å². The summed E-state index contributed by atoms with van der Waals surface area (Å²) in [6.07, 6.45) is 5.06. The molecule has 5 atom stereocenters. The van der Waals surface area contributed by atoms with Gasteiger partial charge < -0.3 is 25.7 Å². The van der Waals surface area contributed by atoms with Crippen LogP contribution in [0.15, 0.2) is 36.7 Å². The molecule has 0 saturated heterocycles. The highest BCUT2D eigenvalue weighted by Gasteiger charge is 2.47. The summed E-state index contributed by atoms with van der Waals surface area (Å²) in [6, 6.07) is 7.10. The first-order valence-corrected chi connectivity index (χ1v) is 11.0. The third-order valence-corrected chi connectivity index (χ3v) is 6.30. The Morgan fingerprint density at radius 2 is 1.97 bits per heavy atom. The maximum Gasteiger partial charge on any atom is 0.251 e. The van der Waals surface area contributed by atoms with Crippen LogP contribution >= 0.6 is 0 Å². The third-order valence-electron chi connectivity index (χ3n) is 6.30. The molecule has 2 aromatic rings. The van der Waals surface area contributed by atoms with E-state index in [1.54, 1.807) is 38.4 Å². The van der Waals surface area contributed by atoms with E-state index in [2.05, 4.69) is 32.4 Å². The summed E-state index contributed by atoms with van der Waals surface area (Å²) in [7, 11) is 0. The minimum atomic E-state index is -0.644. The molecular weight excluding hydrogens is 394 g/mol. The number of hydrogen-bond donors (Lipinski definition) is 4. The lowest BCUT2D eigenvalue weighted by Crippen LogP contribution is -2.53. The zero-order valence-corrected chi connectivity index (χ0v) is 18.2. The molecule has 1 aliphatic carbocycles. The van der Waals surface area contributed by atoms with Crippen molar-refractivity contribution < 1.29 is 15.0 Å². The van der Waals surface area contributed by atoms with Crippen molar-refractivity contribution >= 4 is 17.5 Å². The Morgan fingerprint density at radius 3 is 2.58 bits per heavy atom. The van der Waals surface area contributed by atoms with E-state index in [0.29, 0.717) is 17.4 Å². The molecule has 8 nitrogen and oxygen atoms in total. The number of anilines is 2. The van der Waals surface area contributed by atoms with Crippen molar-refractivity contribution in [1.29, 1.82) is 0 Å². The second-order valence-electron chi connectivity index (χ2n) is 8.75. The molecule has 1 aliphatic heterocycles. The highest BCUT2D eigenvalue weighted by molar-refractivity contribution is 5.95. The number of hydrogen-bond acceptors (Lipinski definition) is 7. The second kappa shape index (κ2) is 8.80. The van der Waals surface area contributed by atoms with Crippen LogP contribution in [0.25, 0.3) is 0 Å². The summed E-state index contributed by atoms with van der Waals surface area (Å²) < 4.78 is 0. The van der Waals surface area contributed by atoms with Gasteiger partial charge in [0.2, 0.25) is 5.95 Å². The lowest BCUT2D eigenvalue weighted by molar-refractivity contribution is 0.0922. The predicted octanol–water partition coefficient (Wildman–Crippen LogP) is 2.31. The van der Waals surface area contributed by atoms with Crippen LogP contribution in [0, 0.1) is 11.8 Å². The van der Waals surface area contributed by atoms with Crippen LogP contribution < -0.4 is 15.5 Å². The molecule has 1 aromatic heterocycles. The SMILES string of the molecule is CC(CO)NC(=O)c1ccc2c(c1)[C@H](Nc1ncccn1)[C@@H](C)[C@H](C1CC1)N2C(C)O. The van der Waals surface area contributed by atoms with Gasteiger partial charge in [0.15, 0.2) is 0 Å². The molecule has 2 aliphatic rings. The van der Waals surface area contributed by atoms with Gasteiger partial charge in [0.1, 0.15) is 6.23 Å². The van der Waals surface area contributed by atoms with Crippen LogP contribution in [0.5, 0.6) is 0 Å². The molecule has 4 rings (SSSR count). The molecule has 8 heteroatoms. The van der Waals surface area contributed by atoms with Gasteiger partial charge >= 0.3 is 0 Å². The van der Waals surface area contributed by atoms with Crippen LogP contribution in [0.3, 0.4) is 0 Å². The largest absolute Gasteiger partial charge is 0.394 e. The standard InChI is InChI=1S/C23H31N5O3/c1-13(12-29)26-22(31)17-7-8-19-18(11-17)20(27-23-24-9-4-10-25-23)14(2)21(16-5-6-16)28(19)15(3)30/h4,7-11,13-16,20-21,29-30H,5-6,12H2,1-3H3,(H,26,31)(H,24,25,27)/t13?,14-,15?,20-,21-/m1/s1. The molecule has 1 saturated carbocycles. The lowest BCUT2D eigenvalue weighted by Gasteiger charge is -2.48. The van der Waals surface area contributed by atoms with E-state index in [-0.39, 0.29) is 36.6 Å². The van der Waals surface area contributed by atoms with Gasteiger partial charge in [-0.15, -0.1) is 0 Å². The van der Waals surface area contributed by atoms with E-state index < -0.39 is 6.23 Å². The maximum absolute atomic E-state index is 12.7. The number of aromatic nitrogens is 2. The van der Waals surface area contributed by atoms with E-state index >= 15 is 0 Å². The number of fused-ring (bicyclic) bond motifs is 1. The van der Waals surface area contributed by atoms with Crippen molar-refractivity contribution in [2.75, 3.05) is 16.8 Å². The summed E-state index contributed by atoms with van der Waals surface area (Å²) in [4.78, 5) is 23.5. The Hall–Kier alpha value is -2.71. The number of benzene rings is 1. The minimum Gasteiger partial charge on any atom is -0.394 e. The van der Waals surface area contributed by atoms with Crippen molar-refractivity contribution in [3.8, 4) is 0 Å². The van der Waals surface area contributed by atoms with E-state index in [1.165, 1.54) is 0 Å². The van der Waals surface area contributed by atoms with E-state index in [9.17, 15) is 15.0 Å². The van der Waals surface area contributed by atoms with Crippen molar-refractivity contribution in [3.63, 3.8) is 0 Å². The van der Waals surface area contributed by atoms with Crippen LogP contribution in [0.4, 0.5) is 11.6 Å². The second-order valence-corrected chi connectivity index (χ2v) is 8.75. The molecule has 1 aromatic carbocycles. The quantitative estimate of drug-likeness (QED) is 0.539. The van der Waals surface area contributed by atoms with Crippen LogP contribution in [0.1, 0.15) is 55.6 Å².